The monoisotopic (exact) mass is 326 g/mol. The molecule has 0 fully saturated rings. The summed E-state index contributed by atoms with van der Waals surface area (Å²) in [4.78, 5) is 22.7. The highest BCUT2D eigenvalue weighted by Gasteiger charge is 2.20. The molecular weight excluding hydrogens is 304 g/mol. The maximum Gasteiger partial charge on any atom is 0.412 e. The average molecular weight is 326 g/mol. The van der Waals surface area contributed by atoms with E-state index in [1.54, 1.807) is 20.8 Å². The van der Waals surface area contributed by atoms with Gasteiger partial charge in [0.15, 0.2) is 11.5 Å². The Morgan fingerprint density at radius 3 is 2.43 bits per heavy atom. The fraction of sp³-hybridized carbons (Fsp3) is 0.467. The Morgan fingerprint density at radius 2 is 1.96 bits per heavy atom. The second-order valence-corrected chi connectivity index (χ2v) is 5.97. The van der Waals surface area contributed by atoms with Crippen LogP contribution in [0.15, 0.2) is 12.1 Å². The van der Waals surface area contributed by atoms with Gasteiger partial charge in [0.1, 0.15) is 11.6 Å². The van der Waals surface area contributed by atoms with Gasteiger partial charge in [-0.3, -0.25) is 10.1 Å². The summed E-state index contributed by atoms with van der Waals surface area (Å²) in [6, 6.07) is 1.77. The molecule has 1 rings (SSSR count). The molecule has 5 N–H and O–H groups in total. The molecule has 0 heterocycles. The van der Waals surface area contributed by atoms with Crippen molar-refractivity contribution >= 4 is 17.7 Å². The van der Waals surface area contributed by atoms with Crippen molar-refractivity contribution in [3.63, 3.8) is 0 Å². The fourth-order valence-electron chi connectivity index (χ4n) is 1.79. The Hall–Kier alpha value is -2.48. The van der Waals surface area contributed by atoms with Crippen molar-refractivity contribution in [2.75, 3.05) is 12.4 Å². The van der Waals surface area contributed by atoms with Gasteiger partial charge in [-0.05, 0) is 44.9 Å². The number of carboxylic acid groups (broad SMARTS) is 1. The number of nitrogens with one attached hydrogen (secondary N) is 1. The van der Waals surface area contributed by atoms with Crippen molar-refractivity contribution in [1.82, 2.24) is 0 Å². The van der Waals surface area contributed by atoms with E-state index in [2.05, 4.69) is 5.32 Å². The number of hydrogen-bond donors (Lipinski definition) is 4. The van der Waals surface area contributed by atoms with Crippen LogP contribution in [-0.2, 0) is 16.0 Å². The smallest absolute Gasteiger partial charge is 0.412 e. The van der Waals surface area contributed by atoms with Crippen LogP contribution in [0.5, 0.6) is 11.5 Å². The number of aliphatic carboxylic acids is 1. The standard InChI is InChI=1S/C15H22N2O6/c1-15(2,3)23-14(21)17-10-6-8(5-9(16)13(19)20)7-11(22-4)12(10)18/h6-7,9,18H,5,16H2,1-4H3,(H,17,21)(H,19,20). The molecule has 0 aliphatic heterocycles. The number of methoxy groups -OCH3 is 1. The molecule has 0 radical (unpaired) electrons. The summed E-state index contributed by atoms with van der Waals surface area (Å²) in [5.41, 5.74) is 5.33. The number of carboxylic acids is 1. The number of carbonyl (C=O) groups excluding carboxylic acids is 1. The van der Waals surface area contributed by atoms with E-state index >= 15 is 0 Å². The number of carbonyl (C=O) groups is 2. The number of hydrogen-bond acceptors (Lipinski definition) is 6. The molecule has 23 heavy (non-hydrogen) atoms. The number of anilines is 1. The van der Waals surface area contributed by atoms with Crippen LogP contribution in [0.1, 0.15) is 26.3 Å². The number of nitrogens with two attached hydrogens (primary N) is 1. The van der Waals surface area contributed by atoms with E-state index < -0.39 is 23.7 Å². The second-order valence-electron chi connectivity index (χ2n) is 5.97. The molecule has 0 aromatic heterocycles. The number of aromatic hydroxyl groups is 1. The lowest BCUT2D eigenvalue weighted by Crippen LogP contribution is -2.32. The van der Waals surface area contributed by atoms with Gasteiger partial charge in [0.25, 0.3) is 0 Å². The van der Waals surface area contributed by atoms with Crippen molar-refractivity contribution in [2.45, 2.75) is 38.8 Å². The highest BCUT2D eigenvalue weighted by atomic mass is 16.6. The van der Waals surface area contributed by atoms with E-state index in [1.165, 1.54) is 19.2 Å². The Morgan fingerprint density at radius 1 is 1.35 bits per heavy atom. The van der Waals surface area contributed by atoms with E-state index in [-0.39, 0.29) is 23.6 Å². The third kappa shape index (κ3) is 5.67. The third-order valence-electron chi connectivity index (χ3n) is 2.76. The predicted octanol–water partition coefficient (Wildman–Crippen LogP) is 1.70. The molecule has 0 saturated carbocycles. The van der Waals surface area contributed by atoms with E-state index in [4.69, 9.17) is 20.3 Å². The Balaban J connectivity index is 3.06. The van der Waals surface area contributed by atoms with Gasteiger partial charge < -0.3 is 25.4 Å². The SMILES string of the molecule is COc1cc(CC(N)C(=O)O)cc(NC(=O)OC(C)(C)C)c1O. The van der Waals surface area contributed by atoms with Crippen LogP contribution in [-0.4, -0.2) is 41.0 Å². The lowest BCUT2D eigenvalue weighted by atomic mass is 10.0. The van der Waals surface area contributed by atoms with Gasteiger partial charge >= 0.3 is 12.1 Å². The summed E-state index contributed by atoms with van der Waals surface area (Å²) >= 11 is 0. The number of benzene rings is 1. The van der Waals surface area contributed by atoms with Gasteiger partial charge in [-0.2, -0.15) is 0 Å². The first kappa shape index (κ1) is 18.6. The second kappa shape index (κ2) is 7.19. The van der Waals surface area contributed by atoms with Crippen LogP contribution in [0.3, 0.4) is 0 Å². The molecule has 0 aliphatic carbocycles. The summed E-state index contributed by atoms with van der Waals surface area (Å²) < 4.78 is 10.1. The zero-order valence-electron chi connectivity index (χ0n) is 13.5. The Kier molecular flexibility index (Phi) is 5.80. The highest BCUT2D eigenvalue weighted by molar-refractivity contribution is 5.88. The number of rotatable bonds is 5. The van der Waals surface area contributed by atoms with Crippen LogP contribution in [0.25, 0.3) is 0 Å². The molecule has 1 unspecified atom stereocenters. The molecule has 0 bridgehead atoms. The lowest BCUT2D eigenvalue weighted by Gasteiger charge is -2.20. The van der Waals surface area contributed by atoms with Crippen molar-refractivity contribution in [3.05, 3.63) is 17.7 Å². The number of phenolic OH excluding ortho intramolecular Hbond substituents is 1. The summed E-state index contributed by atoms with van der Waals surface area (Å²) in [7, 11) is 1.34. The summed E-state index contributed by atoms with van der Waals surface area (Å²) in [5.74, 6) is -1.35. The van der Waals surface area contributed by atoms with Crippen molar-refractivity contribution in [1.29, 1.82) is 0 Å². The van der Waals surface area contributed by atoms with Gasteiger partial charge in [-0.25, -0.2) is 4.79 Å². The van der Waals surface area contributed by atoms with E-state index in [1.807, 2.05) is 0 Å². The average Bonchev–Trinajstić information content (AvgIpc) is 2.39. The van der Waals surface area contributed by atoms with Gasteiger partial charge in [0.2, 0.25) is 0 Å². The largest absolute Gasteiger partial charge is 0.503 e. The molecular formula is C15H22N2O6. The third-order valence-corrected chi connectivity index (χ3v) is 2.76. The van der Waals surface area contributed by atoms with Crippen molar-refractivity contribution < 1.29 is 29.3 Å². The zero-order valence-corrected chi connectivity index (χ0v) is 13.5. The topological polar surface area (TPSA) is 131 Å². The van der Waals surface area contributed by atoms with Crippen LogP contribution in [0, 0.1) is 0 Å². The summed E-state index contributed by atoms with van der Waals surface area (Å²) in [5, 5.41) is 21.3. The van der Waals surface area contributed by atoms with Gasteiger partial charge in [0.05, 0.1) is 12.8 Å². The van der Waals surface area contributed by atoms with Gasteiger partial charge in [-0.1, -0.05) is 0 Å². The highest BCUT2D eigenvalue weighted by Crippen LogP contribution is 2.36. The molecule has 1 amide bonds. The van der Waals surface area contributed by atoms with Crippen LogP contribution in [0.2, 0.25) is 0 Å². The minimum Gasteiger partial charge on any atom is -0.503 e. The molecule has 1 aromatic carbocycles. The van der Waals surface area contributed by atoms with E-state index in [0.717, 1.165) is 0 Å². The first-order valence-corrected chi connectivity index (χ1v) is 6.91. The number of amides is 1. The molecule has 1 aromatic rings. The maximum atomic E-state index is 11.8. The summed E-state index contributed by atoms with van der Waals surface area (Å²) in [6.07, 6.45) is -0.746. The Labute approximate surface area is 134 Å². The molecule has 0 aliphatic rings. The first-order valence-electron chi connectivity index (χ1n) is 6.91. The lowest BCUT2D eigenvalue weighted by molar-refractivity contribution is -0.138. The molecule has 128 valence electrons. The van der Waals surface area contributed by atoms with Crippen LogP contribution in [0.4, 0.5) is 10.5 Å². The molecule has 1 atom stereocenters. The maximum absolute atomic E-state index is 11.8. The van der Waals surface area contributed by atoms with Crippen molar-refractivity contribution in [2.24, 2.45) is 5.73 Å². The Bertz CT molecular complexity index is 594. The van der Waals surface area contributed by atoms with E-state index in [9.17, 15) is 14.7 Å². The zero-order chi connectivity index (χ0) is 17.8. The number of phenols is 1. The van der Waals surface area contributed by atoms with E-state index in [0.29, 0.717) is 5.56 Å². The molecule has 8 nitrogen and oxygen atoms in total. The molecule has 0 spiro atoms. The van der Waals surface area contributed by atoms with Crippen molar-refractivity contribution in [3.8, 4) is 11.5 Å². The first-order chi connectivity index (χ1) is 10.5. The fourth-order valence-corrected chi connectivity index (χ4v) is 1.79. The molecule has 0 saturated heterocycles. The quantitative estimate of drug-likeness (QED) is 0.606. The minimum atomic E-state index is -1.15. The van der Waals surface area contributed by atoms with Gasteiger partial charge in [0, 0.05) is 0 Å². The normalized spacial score (nSPS) is 12.4. The minimum absolute atomic E-state index is 0.00890. The predicted molar refractivity (Wildman–Crippen MR) is 83.8 cm³/mol. The van der Waals surface area contributed by atoms with Crippen LogP contribution >= 0.6 is 0 Å². The summed E-state index contributed by atoms with van der Waals surface area (Å²) in [6.45, 7) is 5.11. The number of ether oxygens (including phenoxy) is 2. The molecule has 8 heteroatoms. The van der Waals surface area contributed by atoms with Gasteiger partial charge in [-0.15, -0.1) is 0 Å². The van der Waals surface area contributed by atoms with Crippen LogP contribution < -0.4 is 15.8 Å².